The number of aromatic nitrogens is 2. The van der Waals surface area contributed by atoms with Crippen LogP contribution in [0.4, 0.5) is 28.3 Å². The van der Waals surface area contributed by atoms with Crippen molar-refractivity contribution in [2.45, 2.75) is 82.3 Å². The minimum atomic E-state index is -4.66. The molecule has 3 N–H and O–H groups in total. The van der Waals surface area contributed by atoms with Crippen LogP contribution in [-0.4, -0.2) is 58.3 Å². The molecular formula is C27H35ClF4N6O2. The van der Waals surface area contributed by atoms with E-state index in [-0.39, 0.29) is 42.1 Å². The molecular weight excluding hydrogens is 552 g/mol. The predicted octanol–water partition coefficient (Wildman–Crippen LogP) is 4.99. The molecule has 0 saturated carbocycles. The molecule has 2 amide bonds. The highest BCUT2D eigenvalue weighted by molar-refractivity contribution is 5.85. The molecule has 2 aromatic rings. The topological polar surface area (TPSA) is 91.4 Å². The monoisotopic (exact) mass is 586 g/mol. The summed E-state index contributed by atoms with van der Waals surface area (Å²) in [6, 6.07) is 1.09. The van der Waals surface area contributed by atoms with Gasteiger partial charge in [0.25, 0.3) is 0 Å². The standard InChI is InChI=1S/C27H34F4N6O2.ClH/c1-26(2)9-5-21(36-26)23(19-4-3-17(13-20(19)28)27(29,30)31)35-25(38)37-10-6-16-14-32-24(34-22(16)15-37)33-18-7-11-39-12-8-18;/h3-4,13-14,18,21,23,36H,5-12,15H2,1-2H3,(H,35,38)(H,32,33,34);1H/t21?,23-;/m0./s1. The number of urea groups is 1. The first-order valence-corrected chi connectivity index (χ1v) is 13.4. The van der Waals surface area contributed by atoms with Gasteiger partial charge in [0.2, 0.25) is 5.95 Å². The van der Waals surface area contributed by atoms with Gasteiger partial charge in [0, 0.05) is 49.1 Å². The van der Waals surface area contributed by atoms with E-state index in [4.69, 9.17) is 4.74 Å². The molecule has 2 fully saturated rings. The van der Waals surface area contributed by atoms with Crippen molar-refractivity contribution in [3.05, 3.63) is 52.6 Å². The zero-order valence-corrected chi connectivity index (χ0v) is 23.3. The summed E-state index contributed by atoms with van der Waals surface area (Å²) < 4.78 is 60.0. The van der Waals surface area contributed by atoms with E-state index in [1.807, 2.05) is 13.8 Å². The minimum Gasteiger partial charge on any atom is -0.381 e. The molecule has 0 bridgehead atoms. The summed E-state index contributed by atoms with van der Waals surface area (Å²) in [6.45, 7) is 6.04. The Morgan fingerprint density at radius 1 is 1.23 bits per heavy atom. The highest BCUT2D eigenvalue weighted by Crippen LogP contribution is 2.35. The van der Waals surface area contributed by atoms with Crippen LogP contribution in [0.3, 0.4) is 0 Å². The summed E-state index contributed by atoms with van der Waals surface area (Å²) in [7, 11) is 0. The van der Waals surface area contributed by atoms with Crippen LogP contribution in [-0.2, 0) is 23.9 Å². The number of halogens is 5. The Balaban J connectivity index is 0.00000370. The molecule has 13 heteroatoms. The molecule has 1 unspecified atom stereocenters. The van der Waals surface area contributed by atoms with Gasteiger partial charge in [-0.15, -0.1) is 12.4 Å². The maximum Gasteiger partial charge on any atom is 0.416 e. The number of hydrogen-bond acceptors (Lipinski definition) is 6. The molecule has 1 aromatic heterocycles. The summed E-state index contributed by atoms with van der Waals surface area (Å²) in [5.74, 6) is -0.493. The van der Waals surface area contributed by atoms with Gasteiger partial charge in [-0.05, 0) is 63.6 Å². The maximum absolute atomic E-state index is 15.1. The number of anilines is 1. The number of nitrogens with zero attached hydrogens (tertiary/aromatic N) is 3. The number of alkyl halides is 3. The van der Waals surface area contributed by atoms with Crippen LogP contribution in [0.1, 0.15) is 68.0 Å². The third kappa shape index (κ3) is 6.95. The Hall–Kier alpha value is -2.70. The SMILES string of the molecule is CC1(C)CCC([C@@H](NC(=O)N2CCc3cnc(NC4CCOCC4)nc3C2)c2ccc(C(F)(F)F)cc2F)N1.Cl. The number of ether oxygens (including phenoxy) is 1. The van der Waals surface area contributed by atoms with Crippen molar-refractivity contribution in [3.63, 3.8) is 0 Å². The summed E-state index contributed by atoms with van der Waals surface area (Å²) >= 11 is 0. The molecule has 3 aliphatic heterocycles. The van der Waals surface area contributed by atoms with Crippen molar-refractivity contribution in [3.8, 4) is 0 Å². The third-order valence-electron chi connectivity index (χ3n) is 7.79. The van der Waals surface area contributed by atoms with Crippen molar-refractivity contribution in [2.75, 3.05) is 25.1 Å². The van der Waals surface area contributed by atoms with Gasteiger partial charge in [-0.25, -0.2) is 19.2 Å². The molecule has 3 aliphatic rings. The second kappa shape index (κ2) is 12.0. The van der Waals surface area contributed by atoms with E-state index in [1.165, 1.54) is 0 Å². The van der Waals surface area contributed by atoms with Crippen LogP contribution in [0.25, 0.3) is 0 Å². The number of benzene rings is 1. The average Bonchev–Trinajstić information content (AvgIpc) is 3.26. The van der Waals surface area contributed by atoms with Gasteiger partial charge in [-0.3, -0.25) is 0 Å². The van der Waals surface area contributed by atoms with E-state index in [1.54, 1.807) is 11.1 Å². The fraction of sp³-hybridized carbons (Fsp3) is 0.593. The quantitative estimate of drug-likeness (QED) is 0.428. The number of carbonyl (C=O) groups excluding carboxylic acids is 1. The molecule has 5 rings (SSSR count). The Morgan fingerprint density at radius 2 is 1.98 bits per heavy atom. The van der Waals surface area contributed by atoms with E-state index >= 15 is 4.39 Å². The smallest absolute Gasteiger partial charge is 0.381 e. The van der Waals surface area contributed by atoms with Gasteiger partial charge in [0.15, 0.2) is 0 Å². The molecule has 4 heterocycles. The predicted molar refractivity (Wildman–Crippen MR) is 144 cm³/mol. The number of fused-ring (bicyclic) bond motifs is 1. The number of amides is 2. The van der Waals surface area contributed by atoms with Crippen molar-refractivity contribution in [2.24, 2.45) is 0 Å². The lowest BCUT2D eigenvalue weighted by Gasteiger charge is -2.33. The summed E-state index contributed by atoms with van der Waals surface area (Å²) in [5.41, 5.74) is 0.407. The van der Waals surface area contributed by atoms with Gasteiger partial charge in [0.1, 0.15) is 5.82 Å². The van der Waals surface area contributed by atoms with Crippen LogP contribution in [0.5, 0.6) is 0 Å². The van der Waals surface area contributed by atoms with Gasteiger partial charge in [-0.2, -0.15) is 13.2 Å². The fourth-order valence-electron chi connectivity index (χ4n) is 5.56. The molecule has 0 spiro atoms. The molecule has 8 nitrogen and oxygen atoms in total. The largest absolute Gasteiger partial charge is 0.416 e. The van der Waals surface area contributed by atoms with Crippen LogP contribution < -0.4 is 16.0 Å². The van der Waals surface area contributed by atoms with E-state index in [0.717, 1.165) is 42.7 Å². The number of hydrogen-bond donors (Lipinski definition) is 3. The number of carbonyl (C=O) groups is 1. The molecule has 40 heavy (non-hydrogen) atoms. The van der Waals surface area contributed by atoms with Crippen molar-refractivity contribution >= 4 is 24.4 Å². The lowest BCUT2D eigenvalue weighted by molar-refractivity contribution is -0.137. The Morgan fingerprint density at radius 3 is 2.62 bits per heavy atom. The third-order valence-corrected chi connectivity index (χ3v) is 7.79. The maximum atomic E-state index is 15.1. The second-order valence-electron chi connectivity index (χ2n) is 11.2. The van der Waals surface area contributed by atoms with E-state index < -0.39 is 29.6 Å². The van der Waals surface area contributed by atoms with Crippen molar-refractivity contribution in [1.29, 1.82) is 0 Å². The first kappa shape index (κ1) is 30.3. The zero-order valence-electron chi connectivity index (χ0n) is 22.5. The second-order valence-corrected chi connectivity index (χ2v) is 11.2. The van der Waals surface area contributed by atoms with Crippen molar-refractivity contribution < 1.29 is 27.1 Å². The molecule has 1 aromatic carbocycles. The van der Waals surface area contributed by atoms with Gasteiger partial charge in [-0.1, -0.05) is 6.07 Å². The van der Waals surface area contributed by atoms with E-state index in [9.17, 15) is 18.0 Å². The van der Waals surface area contributed by atoms with Crippen LogP contribution in [0.15, 0.2) is 24.4 Å². The lowest BCUT2D eigenvalue weighted by Crippen LogP contribution is -2.50. The summed E-state index contributed by atoms with van der Waals surface area (Å²) in [5, 5.41) is 9.68. The first-order chi connectivity index (χ1) is 18.5. The zero-order chi connectivity index (χ0) is 27.8. The Labute approximate surface area is 237 Å². The summed E-state index contributed by atoms with van der Waals surface area (Å²) in [4.78, 5) is 24.1. The number of nitrogens with one attached hydrogen (secondary N) is 3. The van der Waals surface area contributed by atoms with Gasteiger partial charge >= 0.3 is 12.2 Å². The average molecular weight is 587 g/mol. The van der Waals surface area contributed by atoms with Crippen LogP contribution in [0, 0.1) is 5.82 Å². The Bertz CT molecular complexity index is 1210. The highest BCUT2D eigenvalue weighted by Gasteiger charge is 2.39. The Kier molecular flexibility index (Phi) is 9.11. The minimum absolute atomic E-state index is 0. The summed E-state index contributed by atoms with van der Waals surface area (Å²) in [6.07, 6.45) is 0.830. The number of rotatable bonds is 5. The van der Waals surface area contributed by atoms with Gasteiger partial charge in [0.05, 0.1) is 23.8 Å². The molecule has 2 saturated heterocycles. The molecule has 0 radical (unpaired) electrons. The van der Waals surface area contributed by atoms with Crippen molar-refractivity contribution in [1.82, 2.24) is 25.5 Å². The van der Waals surface area contributed by atoms with Crippen LogP contribution in [0.2, 0.25) is 0 Å². The lowest BCUT2D eigenvalue weighted by atomic mass is 9.96. The van der Waals surface area contributed by atoms with E-state index in [0.29, 0.717) is 44.6 Å². The normalized spacial score (nSPS) is 21.8. The fourth-order valence-corrected chi connectivity index (χ4v) is 5.56. The van der Waals surface area contributed by atoms with Gasteiger partial charge < -0.3 is 25.6 Å². The van der Waals surface area contributed by atoms with Crippen LogP contribution >= 0.6 is 12.4 Å². The highest BCUT2D eigenvalue weighted by atomic mass is 35.5. The first-order valence-electron chi connectivity index (χ1n) is 13.4. The molecule has 220 valence electrons. The molecule has 0 aliphatic carbocycles. The molecule has 2 atom stereocenters. The van der Waals surface area contributed by atoms with E-state index in [2.05, 4.69) is 25.9 Å².